The zero-order valence-corrected chi connectivity index (χ0v) is 6.55. The lowest BCUT2D eigenvalue weighted by atomic mass is 9.80. The first-order valence-electron chi connectivity index (χ1n) is 4.44. The molecule has 0 spiro atoms. The molecule has 0 N–H and O–H groups in total. The van der Waals surface area contributed by atoms with E-state index in [1.54, 1.807) is 0 Å². The van der Waals surface area contributed by atoms with Crippen LogP contribution in [0.4, 0.5) is 4.39 Å². The van der Waals surface area contributed by atoms with Crippen LogP contribution in [-0.4, -0.2) is 12.0 Å². The summed E-state index contributed by atoms with van der Waals surface area (Å²) in [5.74, 6) is 0.922. The standard InChI is InChI=1S/C9H13FO/c10-8-4-6-2-1-3-7(6)5-9(8)11/h6-8H,1-5H2/t6-,7+,8-/m0/s1. The summed E-state index contributed by atoms with van der Waals surface area (Å²) in [6.45, 7) is 0. The van der Waals surface area contributed by atoms with Crippen LogP contribution in [-0.2, 0) is 4.79 Å². The lowest BCUT2D eigenvalue weighted by molar-refractivity contribution is -0.128. The molecule has 1 nitrogen and oxygen atoms in total. The number of halogens is 1. The Hall–Kier alpha value is -0.400. The molecule has 2 rings (SSSR count). The Kier molecular flexibility index (Phi) is 1.70. The highest BCUT2D eigenvalue weighted by atomic mass is 19.1. The monoisotopic (exact) mass is 156 g/mol. The Morgan fingerprint density at radius 3 is 2.82 bits per heavy atom. The van der Waals surface area contributed by atoms with Crippen molar-refractivity contribution in [3.63, 3.8) is 0 Å². The van der Waals surface area contributed by atoms with Gasteiger partial charge in [-0.3, -0.25) is 4.79 Å². The molecule has 2 fully saturated rings. The molecule has 0 aromatic rings. The van der Waals surface area contributed by atoms with E-state index in [4.69, 9.17) is 0 Å². The fourth-order valence-corrected chi connectivity index (χ4v) is 2.48. The number of fused-ring (bicyclic) bond motifs is 1. The van der Waals surface area contributed by atoms with Gasteiger partial charge < -0.3 is 0 Å². The molecule has 3 atom stereocenters. The van der Waals surface area contributed by atoms with Gasteiger partial charge in [0.15, 0.2) is 12.0 Å². The van der Waals surface area contributed by atoms with Gasteiger partial charge in [-0.2, -0.15) is 0 Å². The average Bonchev–Trinajstić information content (AvgIpc) is 2.36. The van der Waals surface area contributed by atoms with Crippen LogP contribution < -0.4 is 0 Å². The maximum atomic E-state index is 12.9. The second-order valence-electron chi connectivity index (χ2n) is 3.82. The highest BCUT2D eigenvalue weighted by Gasteiger charge is 2.38. The molecule has 62 valence electrons. The molecule has 0 saturated heterocycles. The minimum absolute atomic E-state index is 0.145. The van der Waals surface area contributed by atoms with E-state index in [0.29, 0.717) is 24.7 Å². The SMILES string of the molecule is O=C1C[C@H]2CCC[C@H]2C[C@@H]1F. The summed E-state index contributed by atoms with van der Waals surface area (Å²) in [6, 6.07) is 0. The third-order valence-corrected chi connectivity index (χ3v) is 3.14. The number of hydrogen-bond acceptors (Lipinski definition) is 1. The molecule has 0 bridgehead atoms. The molecule has 2 aliphatic rings. The van der Waals surface area contributed by atoms with Crippen LogP contribution in [0.3, 0.4) is 0 Å². The van der Waals surface area contributed by atoms with Crippen LogP contribution in [0.5, 0.6) is 0 Å². The maximum Gasteiger partial charge on any atom is 0.167 e. The highest BCUT2D eigenvalue weighted by Crippen LogP contribution is 2.41. The van der Waals surface area contributed by atoms with Crippen LogP contribution in [0.15, 0.2) is 0 Å². The second kappa shape index (κ2) is 2.58. The van der Waals surface area contributed by atoms with Crippen molar-refractivity contribution in [3.8, 4) is 0 Å². The van der Waals surface area contributed by atoms with Crippen molar-refractivity contribution in [3.05, 3.63) is 0 Å². The largest absolute Gasteiger partial charge is 0.296 e. The molecule has 0 heterocycles. The molecule has 0 aromatic heterocycles. The van der Waals surface area contributed by atoms with Crippen molar-refractivity contribution < 1.29 is 9.18 Å². The summed E-state index contributed by atoms with van der Waals surface area (Å²) >= 11 is 0. The van der Waals surface area contributed by atoms with Gasteiger partial charge in [0.25, 0.3) is 0 Å². The van der Waals surface area contributed by atoms with Crippen LogP contribution in [0, 0.1) is 11.8 Å². The molecule has 2 aliphatic carbocycles. The second-order valence-corrected chi connectivity index (χ2v) is 3.82. The number of alkyl halides is 1. The first-order chi connectivity index (χ1) is 5.27. The van der Waals surface area contributed by atoms with Crippen molar-refractivity contribution in [2.75, 3.05) is 0 Å². The van der Waals surface area contributed by atoms with Crippen molar-refractivity contribution in [2.45, 2.75) is 38.3 Å². The molecule has 0 amide bonds. The van der Waals surface area contributed by atoms with Crippen LogP contribution >= 0.6 is 0 Å². The molecule has 11 heavy (non-hydrogen) atoms. The smallest absolute Gasteiger partial charge is 0.167 e. The van der Waals surface area contributed by atoms with E-state index in [1.165, 1.54) is 6.42 Å². The van der Waals surface area contributed by atoms with Gasteiger partial charge in [0.1, 0.15) is 0 Å². The summed E-state index contributed by atoms with van der Waals surface area (Å²) in [7, 11) is 0. The Labute approximate surface area is 66.0 Å². The fourth-order valence-electron chi connectivity index (χ4n) is 2.48. The van der Waals surface area contributed by atoms with Crippen LogP contribution in [0.1, 0.15) is 32.1 Å². The third kappa shape index (κ3) is 1.19. The van der Waals surface area contributed by atoms with Gasteiger partial charge >= 0.3 is 0 Å². The lowest BCUT2D eigenvalue weighted by Crippen LogP contribution is -2.30. The maximum absolute atomic E-state index is 12.9. The molecule has 2 saturated carbocycles. The molecular formula is C9H13FO. The predicted octanol–water partition coefficient (Wildman–Crippen LogP) is 2.10. The first-order valence-corrected chi connectivity index (χ1v) is 4.44. The van der Waals surface area contributed by atoms with Gasteiger partial charge in [0, 0.05) is 6.42 Å². The van der Waals surface area contributed by atoms with Gasteiger partial charge in [-0.25, -0.2) is 4.39 Å². The number of carbonyl (C=O) groups excluding carboxylic acids is 1. The molecule has 0 aliphatic heterocycles. The average molecular weight is 156 g/mol. The number of ketones is 1. The quantitative estimate of drug-likeness (QED) is 0.525. The summed E-state index contributed by atoms with van der Waals surface area (Å²) in [5.41, 5.74) is 0. The number of rotatable bonds is 0. The van der Waals surface area contributed by atoms with Gasteiger partial charge in [-0.15, -0.1) is 0 Å². The van der Waals surface area contributed by atoms with Gasteiger partial charge in [0.05, 0.1) is 0 Å². The van der Waals surface area contributed by atoms with E-state index in [-0.39, 0.29) is 5.78 Å². The van der Waals surface area contributed by atoms with E-state index < -0.39 is 6.17 Å². The molecule has 0 aromatic carbocycles. The van der Waals surface area contributed by atoms with Gasteiger partial charge in [-0.05, 0) is 24.7 Å². The minimum atomic E-state index is -1.13. The van der Waals surface area contributed by atoms with Gasteiger partial charge in [0.2, 0.25) is 0 Å². The van der Waals surface area contributed by atoms with Crippen molar-refractivity contribution >= 4 is 5.78 Å². The van der Waals surface area contributed by atoms with Crippen LogP contribution in [0.2, 0.25) is 0 Å². The molecule has 2 heteroatoms. The Morgan fingerprint density at radius 1 is 1.27 bits per heavy atom. The third-order valence-electron chi connectivity index (χ3n) is 3.14. The molecular weight excluding hydrogens is 143 g/mol. The summed E-state index contributed by atoms with van der Waals surface area (Å²) in [4.78, 5) is 11.0. The Balaban J connectivity index is 2.06. The first kappa shape index (κ1) is 7.26. The topological polar surface area (TPSA) is 17.1 Å². The number of carbonyl (C=O) groups is 1. The number of hydrogen-bond donors (Lipinski definition) is 0. The van der Waals surface area contributed by atoms with Crippen LogP contribution in [0.25, 0.3) is 0 Å². The summed E-state index contributed by atoms with van der Waals surface area (Å²) in [5, 5.41) is 0. The van der Waals surface area contributed by atoms with Gasteiger partial charge in [-0.1, -0.05) is 12.8 Å². The minimum Gasteiger partial charge on any atom is -0.296 e. The summed E-state index contributed by atoms with van der Waals surface area (Å²) in [6.07, 6.45) is 3.42. The fraction of sp³-hybridized carbons (Fsp3) is 0.889. The van der Waals surface area contributed by atoms with E-state index >= 15 is 0 Å². The Bertz CT molecular complexity index is 178. The van der Waals surface area contributed by atoms with E-state index in [9.17, 15) is 9.18 Å². The van der Waals surface area contributed by atoms with Crippen molar-refractivity contribution in [1.29, 1.82) is 0 Å². The molecule has 0 unspecified atom stereocenters. The number of Topliss-reactive ketones (excluding diaryl/α,β-unsaturated/α-hetero) is 1. The Morgan fingerprint density at radius 2 is 2.00 bits per heavy atom. The van der Waals surface area contributed by atoms with Crippen molar-refractivity contribution in [1.82, 2.24) is 0 Å². The van der Waals surface area contributed by atoms with E-state index in [0.717, 1.165) is 12.8 Å². The lowest BCUT2D eigenvalue weighted by Gasteiger charge is -2.26. The molecule has 0 radical (unpaired) electrons. The highest BCUT2D eigenvalue weighted by molar-refractivity contribution is 5.84. The summed E-state index contributed by atoms with van der Waals surface area (Å²) < 4.78 is 12.9. The van der Waals surface area contributed by atoms with E-state index in [1.807, 2.05) is 0 Å². The van der Waals surface area contributed by atoms with Crippen molar-refractivity contribution in [2.24, 2.45) is 11.8 Å². The zero-order valence-electron chi connectivity index (χ0n) is 6.55. The normalized spacial score (nSPS) is 44.1. The zero-order chi connectivity index (χ0) is 7.84. The predicted molar refractivity (Wildman–Crippen MR) is 40.0 cm³/mol. The van der Waals surface area contributed by atoms with E-state index in [2.05, 4.69) is 0 Å².